The second kappa shape index (κ2) is 24.9. The lowest BCUT2D eigenvalue weighted by Gasteiger charge is -2.16. The second-order valence-corrected chi connectivity index (χ2v) is 10.2. The second-order valence-electron chi connectivity index (χ2n) is 10.2. The Morgan fingerprint density at radius 2 is 0.897 bits per heavy atom. The first-order chi connectivity index (χ1) is 18.7. The van der Waals surface area contributed by atoms with Crippen molar-refractivity contribution in [2.24, 2.45) is 0 Å². The van der Waals surface area contributed by atoms with Gasteiger partial charge in [0.25, 0.3) is 0 Å². The average Bonchev–Trinajstić information content (AvgIpc) is 2.90. The van der Waals surface area contributed by atoms with E-state index in [1.54, 1.807) is 0 Å². The van der Waals surface area contributed by atoms with Gasteiger partial charge in [0.15, 0.2) is 18.3 Å². The van der Waals surface area contributed by atoms with E-state index < -0.39 is 48.6 Å². The van der Waals surface area contributed by atoms with Crippen LogP contribution >= 0.6 is 0 Å². The molecule has 3 atom stereocenters. The number of carbonyl (C=O) groups is 4. The number of unbranched alkanes of at least 4 members (excludes halogenated alkanes) is 14. The van der Waals surface area contributed by atoms with Crippen molar-refractivity contribution in [3.8, 4) is 0 Å². The maximum Gasteiger partial charge on any atom is 0.347 e. The molecule has 0 bridgehead atoms. The standard InChI is InChI=1S/C30H54O9/c1-5-7-9-11-13-15-17-19-21-36-28(33)24(3)38-27(32)23-26(31)30(35)39-25(4)29(34)37-22-20-18-16-14-12-10-8-6-2/h24-26,31H,5-23H2,1-4H3. The fourth-order valence-corrected chi connectivity index (χ4v) is 3.89. The number of aliphatic hydroxyl groups excluding tert-OH is 1. The summed E-state index contributed by atoms with van der Waals surface area (Å²) >= 11 is 0. The van der Waals surface area contributed by atoms with Gasteiger partial charge in [-0.25, -0.2) is 14.4 Å². The number of aliphatic hydroxyl groups is 1. The quantitative estimate of drug-likeness (QED) is 0.0819. The third kappa shape index (κ3) is 21.4. The lowest BCUT2D eigenvalue weighted by Crippen LogP contribution is -2.34. The predicted molar refractivity (Wildman–Crippen MR) is 149 cm³/mol. The van der Waals surface area contributed by atoms with Gasteiger partial charge in [0, 0.05) is 0 Å². The number of hydrogen-bond acceptors (Lipinski definition) is 9. The molecule has 0 heterocycles. The molecule has 0 aromatic heterocycles. The Kier molecular flexibility index (Phi) is 23.5. The Morgan fingerprint density at radius 3 is 1.31 bits per heavy atom. The topological polar surface area (TPSA) is 125 Å². The van der Waals surface area contributed by atoms with Gasteiger partial charge in [0.05, 0.1) is 19.6 Å². The van der Waals surface area contributed by atoms with Gasteiger partial charge in [-0.2, -0.15) is 0 Å². The average molecular weight is 559 g/mol. The Balaban J connectivity index is 4.01. The molecule has 0 aliphatic rings. The number of esters is 4. The first kappa shape index (κ1) is 36.8. The molecule has 0 aromatic carbocycles. The van der Waals surface area contributed by atoms with Crippen LogP contribution in [0, 0.1) is 0 Å². The van der Waals surface area contributed by atoms with Gasteiger partial charge in [0.1, 0.15) is 0 Å². The van der Waals surface area contributed by atoms with Crippen LogP contribution in [0.4, 0.5) is 0 Å². The molecule has 0 spiro atoms. The minimum atomic E-state index is -1.83. The zero-order valence-electron chi connectivity index (χ0n) is 24.9. The highest BCUT2D eigenvalue weighted by Crippen LogP contribution is 2.11. The summed E-state index contributed by atoms with van der Waals surface area (Å²) in [5, 5.41) is 9.97. The van der Waals surface area contributed by atoms with Crippen LogP contribution in [0.1, 0.15) is 137 Å². The summed E-state index contributed by atoms with van der Waals surface area (Å²) in [4.78, 5) is 48.1. The number of ether oxygens (including phenoxy) is 4. The van der Waals surface area contributed by atoms with Crippen molar-refractivity contribution in [2.45, 2.75) is 155 Å². The van der Waals surface area contributed by atoms with E-state index in [9.17, 15) is 24.3 Å². The van der Waals surface area contributed by atoms with E-state index in [1.807, 2.05) is 0 Å². The third-order valence-corrected chi connectivity index (χ3v) is 6.38. The molecule has 228 valence electrons. The maximum absolute atomic E-state index is 12.1. The summed E-state index contributed by atoms with van der Waals surface area (Å²) in [6, 6.07) is 0. The molecule has 1 N–H and O–H groups in total. The Labute approximate surface area is 235 Å². The molecule has 0 saturated carbocycles. The summed E-state index contributed by atoms with van der Waals surface area (Å²) in [5.41, 5.74) is 0. The van der Waals surface area contributed by atoms with Crippen LogP contribution in [0.5, 0.6) is 0 Å². The van der Waals surface area contributed by atoms with Crippen LogP contribution < -0.4 is 0 Å². The normalized spacial score (nSPS) is 13.3. The fraction of sp³-hybridized carbons (Fsp3) is 0.867. The van der Waals surface area contributed by atoms with E-state index in [2.05, 4.69) is 13.8 Å². The van der Waals surface area contributed by atoms with Gasteiger partial charge in [-0.3, -0.25) is 4.79 Å². The van der Waals surface area contributed by atoms with Crippen LogP contribution in [0.2, 0.25) is 0 Å². The molecule has 3 unspecified atom stereocenters. The van der Waals surface area contributed by atoms with Crippen molar-refractivity contribution in [3.63, 3.8) is 0 Å². The van der Waals surface area contributed by atoms with Crippen molar-refractivity contribution in [1.29, 1.82) is 0 Å². The van der Waals surface area contributed by atoms with Crippen LogP contribution in [-0.2, 0) is 38.1 Å². The highest BCUT2D eigenvalue weighted by Gasteiger charge is 2.28. The SMILES string of the molecule is CCCCCCCCCCOC(=O)C(C)OC(=O)CC(O)C(=O)OC(C)C(=O)OCCCCCCCCCC. The van der Waals surface area contributed by atoms with Gasteiger partial charge < -0.3 is 24.1 Å². The molecular formula is C30H54O9. The van der Waals surface area contributed by atoms with Crippen molar-refractivity contribution in [3.05, 3.63) is 0 Å². The summed E-state index contributed by atoms with van der Waals surface area (Å²) in [6.45, 7) is 7.55. The largest absolute Gasteiger partial charge is 0.463 e. The smallest absolute Gasteiger partial charge is 0.347 e. The van der Waals surface area contributed by atoms with Crippen molar-refractivity contribution < 1.29 is 43.2 Å². The Hall–Kier alpha value is -2.16. The summed E-state index contributed by atoms with van der Waals surface area (Å²) < 4.78 is 20.1. The summed E-state index contributed by atoms with van der Waals surface area (Å²) in [7, 11) is 0. The molecule has 0 aliphatic carbocycles. The summed E-state index contributed by atoms with van der Waals surface area (Å²) in [6.07, 6.45) is 12.9. The summed E-state index contributed by atoms with van der Waals surface area (Å²) in [5.74, 6) is -3.50. The number of carbonyl (C=O) groups excluding carboxylic acids is 4. The molecule has 0 rings (SSSR count). The molecule has 0 fully saturated rings. The lowest BCUT2D eigenvalue weighted by atomic mass is 10.1. The molecule has 0 aromatic rings. The molecule has 0 aliphatic heterocycles. The zero-order chi connectivity index (χ0) is 29.3. The van der Waals surface area contributed by atoms with E-state index in [4.69, 9.17) is 18.9 Å². The van der Waals surface area contributed by atoms with E-state index in [1.165, 1.54) is 78.1 Å². The Morgan fingerprint density at radius 1 is 0.538 bits per heavy atom. The van der Waals surface area contributed by atoms with Crippen LogP contribution in [0.3, 0.4) is 0 Å². The van der Waals surface area contributed by atoms with Gasteiger partial charge in [-0.1, -0.05) is 104 Å². The lowest BCUT2D eigenvalue weighted by molar-refractivity contribution is -0.175. The fourth-order valence-electron chi connectivity index (χ4n) is 3.89. The first-order valence-corrected chi connectivity index (χ1v) is 15.1. The zero-order valence-corrected chi connectivity index (χ0v) is 24.9. The molecule has 0 amide bonds. The highest BCUT2D eigenvalue weighted by atomic mass is 16.6. The number of rotatable bonds is 25. The van der Waals surface area contributed by atoms with Crippen molar-refractivity contribution in [2.75, 3.05) is 13.2 Å². The molecular weight excluding hydrogens is 504 g/mol. The van der Waals surface area contributed by atoms with E-state index in [0.29, 0.717) is 0 Å². The maximum atomic E-state index is 12.1. The third-order valence-electron chi connectivity index (χ3n) is 6.38. The van der Waals surface area contributed by atoms with Gasteiger partial charge in [0.2, 0.25) is 0 Å². The van der Waals surface area contributed by atoms with E-state index in [0.717, 1.165) is 38.5 Å². The molecule has 39 heavy (non-hydrogen) atoms. The molecule has 9 heteroatoms. The van der Waals surface area contributed by atoms with Crippen molar-refractivity contribution in [1.82, 2.24) is 0 Å². The van der Waals surface area contributed by atoms with Crippen molar-refractivity contribution >= 4 is 23.9 Å². The van der Waals surface area contributed by atoms with Gasteiger partial charge >= 0.3 is 23.9 Å². The van der Waals surface area contributed by atoms with Gasteiger partial charge in [-0.15, -0.1) is 0 Å². The molecule has 9 nitrogen and oxygen atoms in total. The Bertz CT molecular complexity index is 665. The van der Waals surface area contributed by atoms with Crippen LogP contribution in [-0.4, -0.2) is 60.5 Å². The van der Waals surface area contributed by atoms with Gasteiger partial charge in [-0.05, 0) is 26.7 Å². The van der Waals surface area contributed by atoms with Crippen LogP contribution in [0.25, 0.3) is 0 Å². The van der Waals surface area contributed by atoms with E-state index in [-0.39, 0.29) is 13.2 Å². The molecule has 0 radical (unpaired) electrons. The highest BCUT2D eigenvalue weighted by molar-refractivity contribution is 5.85. The number of hydrogen-bond donors (Lipinski definition) is 1. The minimum Gasteiger partial charge on any atom is -0.463 e. The predicted octanol–water partition coefficient (Wildman–Crippen LogP) is 5.97. The first-order valence-electron chi connectivity index (χ1n) is 15.1. The van der Waals surface area contributed by atoms with Crippen LogP contribution in [0.15, 0.2) is 0 Å². The molecule has 0 saturated heterocycles. The minimum absolute atomic E-state index is 0.234. The van der Waals surface area contributed by atoms with E-state index >= 15 is 0 Å². The monoisotopic (exact) mass is 558 g/mol.